The first-order chi connectivity index (χ1) is 5.42. The molecule has 2 heteroatoms. The number of fused-ring (bicyclic) bond motifs is 1. The van der Waals surface area contributed by atoms with Gasteiger partial charge in [-0.2, -0.15) is 0 Å². The van der Waals surface area contributed by atoms with Gasteiger partial charge in [0.1, 0.15) is 0 Å². The highest BCUT2D eigenvalue weighted by Crippen LogP contribution is 2.31. The van der Waals surface area contributed by atoms with E-state index in [2.05, 4.69) is 11.8 Å². The molecule has 0 radical (unpaired) electrons. The fourth-order valence-electron chi connectivity index (χ4n) is 2.32. The maximum absolute atomic E-state index is 5.67. The predicted molar refractivity (Wildman–Crippen MR) is 44.4 cm³/mol. The summed E-state index contributed by atoms with van der Waals surface area (Å²) >= 11 is 0. The highest BCUT2D eigenvalue weighted by Gasteiger charge is 2.37. The van der Waals surface area contributed by atoms with Crippen LogP contribution in [0.3, 0.4) is 0 Å². The fourth-order valence-corrected chi connectivity index (χ4v) is 2.32. The first-order valence-corrected chi connectivity index (χ1v) is 4.77. The lowest BCUT2D eigenvalue weighted by molar-refractivity contribution is 0.0865. The van der Waals surface area contributed by atoms with Gasteiger partial charge >= 0.3 is 0 Å². The van der Waals surface area contributed by atoms with Gasteiger partial charge in [-0.1, -0.05) is 6.92 Å². The Hall–Kier alpha value is -0.0800. The molecule has 2 aliphatic rings. The largest absolute Gasteiger partial charge is 0.361 e. The molecule has 1 saturated heterocycles. The molecule has 0 aromatic carbocycles. The maximum Gasteiger partial charge on any atom is 0.0998 e. The van der Waals surface area contributed by atoms with Crippen molar-refractivity contribution in [1.29, 1.82) is 0 Å². The van der Waals surface area contributed by atoms with Gasteiger partial charge in [0, 0.05) is 12.6 Å². The van der Waals surface area contributed by atoms with Crippen LogP contribution in [0.25, 0.3) is 0 Å². The van der Waals surface area contributed by atoms with Crippen molar-refractivity contribution in [3.63, 3.8) is 0 Å². The number of nitrogens with zero attached hydrogens (tertiary/aromatic N) is 1. The summed E-state index contributed by atoms with van der Waals surface area (Å²) < 4.78 is 5.67. The van der Waals surface area contributed by atoms with Crippen LogP contribution < -0.4 is 0 Å². The van der Waals surface area contributed by atoms with E-state index >= 15 is 0 Å². The SMILES string of the molecule is CCCN1CO[C@H]2CCC[C@H]21. The summed E-state index contributed by atoms with van der Waals surface area (Å²) in [6, 6.07) is 0.773. The van der Waals surface area contributed by atoms with E-state index in [1.807, 2.05) is 0 Å². The van der Waals surface area contributed by atoms with Crippen molar-refractivity contribution in [2.75, 3.05) is 13.3 Å². The van der Waals surface area contributed by atoms with E-state index in [1.54, 1.807) is 0 Å². The molecule has 1 saturated carbocycles. The average molecular weight is 155 g/mol. The molecular weight excluding hydrogens is 138 g/mol. The zero-order chi connectivity index (χ0) is 7.68. The Labute approximate surface area is 68.5 Å². The summed E-state index contributed by atoms with van der Waals surface area (Å²) in [5.74, 6) is 0. The van der Waals surface area contributed by atoms with Gasteiger partial charge in [-0.25, -0.2) is 0 Å². The fraction of sp³-hybridized carbons (Fsp3) is 1.00. The van der Waals surface area contributed by atoms with Gasteiger partial charge in [0.15, 0.2) is 0 Å². The van der Waals surface area contributed by atoms with Crippen LogP contribution in [-0.4, -0.2) is 30.3 Å². The third kappa shape index (κ3) is 1.30. The Morgan fingerprint density at radius 1 is 1.45 bits per heavy atom. The Bertz CT molecular complexity index is 136. The zero-order valence-corrected chi connectivity index (χ0v) is 7.25. The molecule has 1 heterocycles. The summed E-state index contributed by atoms with van der Waals surface area (Å²) in [5, 5.41) is 0. The van der Waals surface area contributed by atoms with Gasteiger partial charge in [0.25, 0.3) is 0 Å². The molecule has 11 heavy (non-hydrogen) atoms. The molecule has 2 atom stereocenters. The van der Waals surface area contributed by atoms with E-state index in [1.165, 1.54) is 32.2 Å². The monoisotopic (exact) mass is 155 g/mol. The van der Waals surface area contributed by atoms with Crippen molar-refractivity contribution in [3.05, 3.63) is 0 Å². The number of rotatable bonds is 2. The topological polar surface area (TPSA) is 12.5 Å². The van der Waals surface area contributed by atoms with E-state index < -0.39 is 0 Å². The second-order valence-corrected chi connectivity index (χ2v) is 3.64. The molecule has 0 bridgehead atoms. The standard InChI is InChI=1S/C9H17NO/c1-2-6-10-7-11-9-5-3-4-8(9)10/h8-9H,2-7H2,1H3/t8-,9+/m1/s1. The predicted octanol–water partition coefficient (Wildman–Crippen LogP) is 1.61. The first kappa shape index (κ1) is 7.56. The molecule has 0 aromatic heterocycles. The molecule has 1 aliphatic carbocycles. The van der Waals surface area contributed by atoms with Crippen LogP contribution in [0.5, 0.6) is 0 Å². The van der Waals surface area contributed by atoms with Crippen LogP contribution in [0, 0.1) is 0 Å². The lowest BCUT2D eigenvalue weighted by atomic mass is 10.2. The third-order valence-corrected chi connectivity index (χ3v) is 2.85. The van der Waals surface area contributed by atoms with Crippen LogP contribution in [0.4, 0.5) is 0 Å². The smallest absolute Gasteiger partial charge is 0.0998 e. The Kier molecular flexibility index (Phi) is 2.14. The van der Waals surface area contributed by atoms with Gasteiger partial charge in [-0.05, 0) is 25.7 Å². The van der Waals surface area contributed by atoms with Crippen LogP contribution in [0.15, 0.2) is 0 Å². The third-order valence-electron chi connectivity index (χ3n) is 2.85. The van der Waals surface area contributed by atoms with Gasteiger partial charge in [0.05, 0.1) is 12.8 Å². The van der Waals surface area contributed by atoms with Crippen LogP contribution >= 0.6 is 0 Å². The minimum absolute atomic E-state index is 0.585. The van der Waals surface area contributed by atoms with E-state index in [0.717, 1.165) is 12.8 Å². The number of ether oxygens (including phenoxy) is 1. The summed E-state index contributed by atoms with van der Waals surface area (Å²) in [4.78, 5) is 2.50. The molecule has 2 fully saturated rings. The quantitative estimate of drug-likeness (QED) is 0.600. The normalized spacial score (nSPS) is 37.9. The van der Waals surface area contributed by atoms with Gasteiger partial charge in [-0.15, -0.1) is 0 Å². The van der Waals surface area contributed by atoms with Crippen molar-refractivity contribution >= 4 is 0 Å². The van der Waals surface area contributed by atoms with Crippen molar-refractivity contribution in [2.45, 2.75) is 44.8 Å². The lowest BCUT2D eigenvalue weighted by Gasteiger charge is -2.19. The molecule has 2 rings (SSSR count). The van der Waals surface area contributed by atoms with E-state index in [0.29, 0.717) is 6.10 Å². The van der Waals surface area contributed by atoms with E-state index in [9.17, 15) is 0 Å². The summed E-state index contributed by atoms with van der Waals surface area (Å²) in [6.07, 6.45) is 5.87. The maximum atomic E-state index is 5.67. The second kappa shape index (κ2) is 3.11. The summed E-state index contributed by atoms with van der Waals surface area (Å²) in [5.41, 5.74) is 0. The minimum Gasteiger partial charge on any atom is -0.361 e. The van der Waals surface area contributed by atoms with E-state index in [4.69, 9.17) is 4.74 Å². The molecule has 0 spiro atoms. The van der Waals surface area contributed by atoms with E-state index in [-0.39, 0.29) is 0 Å². The summed E-state index contributed by atoms with van der Waals surface area (Å²) in [6.45, 7) is 4.35. The second-order valence-electron chi connectivity index (χ2n) is 3.64. The van der Waals surface area contributed by atoms with Crippen LogP contribution in [-0.2, 0) is 4.74 Å². The molecular formula is C9H17NO. The Morgan fingerprint density at radius 3 is 3.18 bits per heavy atom. The highest BCUT2D eigenvalue weighted by molar-refractivity contribution is 4.89. The van der Waals surface area contributed by atoms with Crippen molar-refractivity contribution in [2.24, 2.45) is 0 Å². The van der Waals surface area contributed by atoms with Gasteiger partial charge in [0.2, 0.25) is 0 Å². The zero-order valence-electron chi connectivity index (χ0n) is 7.25. The first-order valence-electron chi connectivity index (χ1n) is 4.77. The molecule has 1 aliphatic heterocycles. The molecule has 2 nitrogen and oxygen atoms in total. The lowest BCUT2D eigenvalue weighted by Crippen LogP contribution is -2.32. The van der Waals surface area contributed by atoms with Crippen LogP contribution in [0.1, 0.15) is 32.6 Å². The Balaban J connectivity index is 1.92. The summed E-state index contributed by atoms with van der Waals surface area (Å²) in [7, 11) is 0. The molecule has 0 amide bonds. The minimum atomic E-state index is 0.585. The molecule has 64 valence electrons. The van der Waals surface area contributed by atoms with Gasteiger partial charge < -0.3 is 4.74 Å². The number of hydrogen-bond donors (Lipinski definition) is 0. The van der Waals surface area contributed by atoms with Crippen LogP contribution in [0.2, 0.25) is 0 Å². The van der Waals surface area contributed by atoms with Crippen molar-refractivity contribution in [3.8, 4) is 0 Å². The van der Waals surface area contributed by atoms with Crippen molar-refractivity contribution < 1.29 is 4.74 Å². The molecule has 0 N–H and O–H groups in total. The average Bonchev–Trinajstić information content (AvgIpc) is 2.53. The highest BCUT2D eigenvalue weighted by atomic mass is 16.5. The van der Waals surface area contributed by atoms with Crippen molar-refractivity contribution in [1.82, 2.24) is 4.90 Å². The Morgan fingerprint density at radius 2 is 2.36 bits per heavy atom. The van der Waals surface area contributed by atoms with Gasteiger partial charge in [-0.3, -0.25) is 4.90 Å². The molecule has 0 unspecified atom stereocenters. The molecule has 0 aromatic rings. The number of hydrogen-bond acceptors (Lipinski definition) is 2.